The van der Waals surface area contributed by atoms with Crippen molar-refractivity contribution in [2.75, 3.05) is 11.9 Å². The van der Waals surface area contributed by atoms with Crippen molar-refractivity contribution in [3.63, 3.8) is 0 Å². The van der Waals surface area contributed by atoms with E-state index < -0.39 is 5.97 Å². The van der Waals surface area contributed by atoms with Crippen LogP contribution in [0.1, 0.15) is 54.2 Å². The summed E-state index contributed by atoms with van der Waals surface area (Å²) < 4.78 is 0. The Labute approximate surface area is 192 Å². The quantitative estimate of drug-likeness (QED) is 0.630. The predicted molar refractivity (Wildman–Crippen MR) is 107 cm³/mol. The number of benzene rings is 2. The Morgan fingerprint density at radius 2 is 1.76 bits per heavy atom. The Hall–Kier alpha value is -0.914. The maximum atomic E-state index is 10.9. The number of aromatic carboxylic acids is 1. The molecule has 0 saturated carbocycles. The van der Waals surface area contributed by atoms with Gasteiger partial charge in [0.05, 0.1) is 5.56 Å². The number of carboxylic acids is 1. The fourth-order valence-electron chi connectivity index (χ4n) is 3.20. The summed E-state index contributed by atoms with van der Waals surface area (Å²) in [7, 11) is 0. The zero-order chi connectivity index (χ0) is 17.3. The second-order valence-corrected chi connectivity index (χ2v) is 7.08. The molecule has 0 saturated heterocycles. The number of fused-ring (bicyclic) bond motifs is 1. The van der Waals surface area contributed by atoms with Crippen molar-refractivity contribution in [1.29, 1.82) is 0 Å². The van der Waals surface area contributed by atoms with Gasteiger partial charge in [-0.15, -0.1) is 0 Å². The van der Waals surface area contributed by atoms with Crippen LogP contribution in [0.4, 0.5) is 5.69 Å². The van der Waals surface area contributed by atoms with Crippen LogP contribution in [-0.4, -0.2) is 69.0 Å². The zero-order valence-electron chi connectivity index (χ0n) is 14.4. The average Bonchev–Trinajstić information content (AvgIpc) is 2.55. The fraction of sp³-hybridized carbons (Fsp3) is 0.286. The number of hydrogen-bond acceptors (Lipinski definition) is 2. The molecule has 0 fully saturated rings. The van der Waals surface area contributed by atoms with Gasteiger partial charge in [-0.25, -0.2) is 4.79 Å². The van der Waals surface area contributed by atoms with Crippen LogP contribution in [0.3, 0.4) is 0 Å². The van der Waals surface area contributed by atoms with E-state index in [1.54, 1.807) is 12.1 Å². The summed E-state index contributed by atoms with van der Waals surface area (Å²) in [4.78, 5) is 10.9. The van der Waals surface area contributed by atoms with Crippen LogP contribution in [0, 0.1) is 0 Å². The fourth-order valence-corrected chi connectivity index (χ4v) is 3.20. The van der Waals surface area contributed by atoms with Gasteiger partial charge in [0, 0.05) is 12.2 Å². The van der Waals surface area contributed by atoms with E-state index in [2.05, 4.69) is 50.4 Å². The van der Waals surface area contributed by atoms with Crippen LogP contribution >= 0.6 is 0 Å². The number of carboxylic acid groups (broad SMARTS) is 1. The van der Waals surface area contributed by atoms with Crippen LogP contribution in [0.2, 0.25) is 0 Å². The minimum absolute atomic E-state index is 0. The summed E-state index contributed by atoms with van der Waals surface area (Å²) in [6.45, 7) is 7.69. The standard InChI is InChI=1S/C21H23NO2.K.H/c1-14(12-15-4-6-16(7-5-15)20(23)24)17-8-9-19-18(13-17)21(2,3)10-11-22-19;;/h4-9,12-13,22H,10-11H2,1-3H3,(H,23,24);;. The predicted octanol–water partition coefficient (Wildman–Crippen LogP) is 4.39. The molecular weight excluding hydrogens is 337 g/mol. The topological polar surface area (TPSA) is 49.3 Å². The Bertz CT molecular complexity index is 807. The van der Waals surface area contributed by atoms with Crippen molar-refractivity contribution in [2.24, 2.45) is 0 Å². The molecule has 126 valence electrons. The van der Waals surface area contributed by atoms with Crippen LogP contribution in [0.25, 0.3) is 11.6 Å². The SMILES string of the molecule is CC(=Cc1ccc(C(=O)O)cc1)c1ccc2c(c1)C(C)(C)CCN2.[KH]. The molecule has 0 radical (unpaired) electrons. The Morgan fingerprint density at radius 1 is 1.12 bits per heavy atom. The van der Waals surface area contributed by atoms with Gasteiger partial charge in [-0.1, -0.05) is 38.1 Å². The first-order valence-corrected chi connectivity index (χ1v) is 8.27. The number of nitrogens with one attached hydrogen (secondary N) is 1. The van der Waals surface area contributed by atoms with Gasteiger partial charge in [-0.2, -0.15) is 0 Å². The molecule has 1 heterocycles. The van der Waals surface area contributed by atoms with Crippen molar-refractivity contribution in [1.82, 2.24) is 0 Å². The van der Waals surface area contributed by atoms with Crippen molar-refractivity contribution in [2.45, 2.75) is 32.6 Å². The number of carbonyl (C=O) groups is 1. The van der Waals surface area contributed by atoms with E-state index in [1.807, 2.05) is 12.1 Å². The molecule has 2 aromatic carbocycles. The first-order valence-electron chi connectivity index (χ1n) is 8.27. The number of allylic oxidation sites excluding steroid dienone is 1. The third kappa shape index (κ3) is 4.63. The van der Waals surface area contributed by atoms with E-state index in [4.69, 9.17) is 5.11 Å². The third-order valence-corrected chi connectivity index (χ3v) is 4.81. The van der Waals surface area contributed by atoms with Crippen molar-refractivity contribution < 1.29 is 9.90 Å². The van der Waals surface area contributed by atoms with Crippen molar-refractivity contribution in [3.05, 3.63) is 64.7 Å². The van der Waals surface area contributed by atoms with E-state index >= 15 is 0 Å². The van der Waals surface area contributed by atoms with E-state index in [0.717, 1.165) is 18.5 Å². The molecular formula is C21H24KNO2. The van der Waals surface area contributed by atoms with Gasteiger partial charge in [-0.3, -0.25) is 0 Å². The summed E-state index contributed by atoms with van der Waals surface area (Å²) in [6, 6.07) is 13.6. The van der Waals surface area contributed by atoms with Gasteiger partial charge in [0.25, 0.3) is 0 Å². The average molecular weight is 362 g/mol. The van der Waals surface area contributed by atoms with Crippen LogP contribution < -0.4 is 5.32 Å². The second kappa shape index (κ2) is 8.19. The number of hydrogen-bond donors (Lipinski definition) is 2. The molecule has 2 aromatic rings. The van der Waals surface area contributed by atoms with Crippen LogP contribution in [-0.2, 0) is 5.41 Å². The minimum atomic E-state index is -0.897. The summed E-state index contributed by atoms with van der Waals surface area (Å²) >= 11 is 0. The van der Waals surface area contributed by atoms with Crippen molar-refractivity contribution >= 4 is 74.7 Å². The van der Waals surface area contributed by atoms with Gasteiger partial charge in [0.1, 0.15) is 0 Å². The van der Waals surface area contributed by atoms with E-state index in [0.29, 0.717) is 5.56 Å². The summed E-state index contributed by atoms with van der Waals surface area (Å²) in [6.07, 6.45) is 3.22. The maximum absolute atomic E-state index is 10.9. The van der Waals surface area contributed by atoms with Gasteiger partial charge >= 0.3 is 57.4 Å². The molecule has 1 aliphatic rings. The zero-order valence-corrected chi connectivity index (χ0v) is 14.4. The van der Waals surface area contributed by atoms with Gasteiger partial charge in [-0.05, 0) is 65.3 Å². The van der Waals surface area contributed by atoms with Gasteiger partial charge in [0.2, 0.25) is 0 Å². The van der Waals surface area contributed by atoms with Crippen LogP contribution in [0.5, 0.6) is 0 Å². The molecule has 0 aliphatic carbocycles. The molecule has 25 heavy (non-hydrogen) atoms. The number of rotatable bonds is 3. The monoisotopic (exact) mass is 361 g/mol. The van der Waals surface area contributed by atoms with Gasteiger partial charge < -0.3 is 10.4 Å². The Balaban J connectivity index is 0.00000225. The molecule has 0 amide bonds. The molecule has 3 rings (SSSR count). The summed E-state index contributed by atoms with van der Waals surface area (Å²) in [5, 5.41) is 12.5. The molecule has 0 atom stereocenters. The van der Waals surface area contributed by atoms with Crippen molar-refractivity contribution in [3.8, 4) is 0 Å². The third-order valence-electron chi connectivity index (χ3n) is 4.81. The van der Waals surface area contributed by atoms with Gasteiger partial charge in [0.15, 0.2) is 0 Å². The van der Waals surface area contributed by atoms with E-state index in [1.165, 1.54) is 22.4 Å². The normalized spacial score (nSPS) is 15.6. The van der Waals surface area contributed by atoms with E-state index in [-0.39, 0.29) is 56.8 Å². The number of anilines is 1. The molecule has 0 spiro atoms. The summed E-state index contributed by atoms with van der Waals surface area (Å²) in [5.41, 5.74) is 6.46. The second-order valence-electron chi connectivity index (χ2n) is 7.08. The molecule has 1 aliphatic heterocycles. The first kappa shape index (κ1) is 20.4. The molecule has 0 unspecified atom stereocenters. The van der Waals surface area contributed by atoms with Crippen LogP contribution in [0.15, 0.2) is 42.5 Å². The molecule has 0 bridgehead atoms. The molecule has 3 nitrogen and oxygen atoms in total. The Kier molecular flexibility index (Phi) is 6.68. The molecule has 2 N–H and O–H groups in total. The molecule has 4 heteroatoms. The summed E-state index contributed by atoms with van der Waals surface area (Å²) in [5.74, 6) is -0.897. The van der Waals surface area contributed by atoms with E-state index in [9.17, 15) is 4.79 Å². The first-order chi connectivity index (χ1) is 11.4. The molecule has 0 aromatic heterocycles. The Morgan fingerprint density at radius 3 is 2.40 bits per heavy atom.